The van der Waals surface area contributed by atoms with Gasteiger partial charge in [0, 0.05) is 72.8 Å². The fourth-order valence-corrected chi connectivity index (χ4v) is 7.21. The molecule has 0 saturated heterocycles. The molecular weight excluding hydrogens is 906 g/mol. The SMILES string of the molecule is Cc1nc(C(=O)NCCOc2cccc(Cl)c2)cn1Cc1ccc(Cn2ccccc2=O)cc1.Nc1nn(Cc2ccc(Cn3ccccc3=O)cc2)cc1C(=O)NCCNc1cc(Cl)ccn1. The number of halogens is 2. The van der Waals surface area contributed by atoms with E-state index in [9.17, 15) is 19.2 Å². The summed E-state index contributed by atoms with van der Waals surface area (Å²) in [7, 11) is 0. The number of hydrogen-bond acceptors (Lipinski definition) is 10. The number of ether oxygens (including phenoxy) is 1. The highest BCUT2D eigenvalue weighted by Crippen LogP contribution is 2.18. The molecule has 2 amide bonds. The van der Waals surface area contributed by atoms with Crippen LogP contribution in [0.15, 0.2) is 162 Å². The Labute approximate surface area is 402 Å². The van der Waals surface area contributed by atoms with E-state index >= 15 is 0 Å². The van der Waals surface area contributed by atoms with Gasteiger partial charge in [0.05, 0.1) is 26.2 Å². The monoisotopic (exact) mass is 953 g/mol. The third-order valence-electron chi connectivity index (χ3n) is 10.4. The Morgan fingerprint density at radius 1 is 0.647 bits per heavy atom. The smallest absolute Gasteiger partial charge is 0.271 e. The van der Waals surface area contributed by atoms with E-state index in [-0.39, 0.29) is 28.8 Å². The Balaban J connectivity index is 0.000000201. The van der Waals surface area contributed by atoms with E-state index < -0.39 is 0 Å². The van der Waals surface area contributed by atoms with Crippen molar-refractivity contribution < 1.29 is 14.3 Å². The first-order valence-electron chi connectivity index (χ1n) is 21.6. The minimum atomic E-state index is -0.298. The number of nitrogens with one attached hydrogen (secondary N) is 3. The predicted octanol–water partition coefficient (Wildman–Crippen LogP) is 6.53. The zero-order valence-electron chi connectivity index (χ0n) is 37.1. The highest BCUT2D eigenvalue weighted by molar-refractivity contribution is 6.31. The summed E-state index contributed by atoms with van der Waals surface area (Å²) < 4.78 is 12.5. The van der Waals surface area contributed by atoms with Gasteiger partial charge in [-0.25, -0.2) is 9.97 Å². The molecule has 0 fully saturated rings. The predicted molar refractivity (Wildman–Crippen MR) is 264 cm³/mol. The van der Waals surface area contributed by atoms with Gasteiger partial charge in [0.2, 0.25) is 0 Å². The average Bonchev–Trinajstić information content (AvgIpc) is 3.89. The number of nitrogen functional groups attached to an aromatic ring is 1. The number of amides is 2. The molecule has 0 aliphatic rings. The van der Waals surface area contributed by atoms with Crippen molar-refractivity contribution in [3.05, 3.63) is 222 Å². The van der Waals surface area contributed by atoms with E-state index in [1.165, 1.54) is 6.07 Å². The number of carbonyl (C=O) groups is 2. The number of benzene rings is 3. The van der Waals surface area contributed by atoms with Crippen molar-refractivity contribution in [2.75, 3.05) is 37.3 Å². The molecule has 68 heavy (non-hydrogen) atoms. The number of aryl methyl sites for hydroxylation is 1. The number of imidazole rings is 1. The summed E-state index contributed by atoms with van der Waals surface area (Å²) >= 11 is 11.9. The third kappa shape index (κ3) is 14.0. The first-order valence-corrected chi connectivity index (χ1v) is 22.3. The lowest BCUT2D eigenvalue weighted by Crippen LogP contribution is -2.29. The van der Waals surface area contributed by atoms with Crippen LogP contribution in [-0.4, -0.2) is 71.5 Å². The van der Waals surface area contributed by atoms with Crippen molar-refractivity contribution in [2.24, 2.45) is 0 Å². The molecule has 0 atom stereocenters. The summed E-state index contributed by atoms with van der Waals surface area (Å²) in [6.45, 7) is 5.49. The van der Waals surface area contributed by atoms with Crippen LogP contribution >= 0.6 is 23.2 Å². The molecule has 5 N–H and O–H groups in total. The van der Waals surface area contributed by atoms with Gasteiger partial charge in [-0.1, -0.05) is 89.9 Å². The first kappa shape index (κ1) is 48.0. The van der Waals surface area contributed by atoms with Crippen LogP contribution in [0.2, 0.25) is 10.0 Å². The van der Waals surface area contributed by atoms with E-state index in [4.69, 9.17) is 33.7 Å². The number of hydrogen-bond donors (Lipinski definition) is 4. The van der Waals surface area contributed by atoms with Crippen molar-refractivity contribution in [1.82, 2.24) is 44.1 Å². The van der Waals surface area contributed by atoms with E-state index in [1.807, 2.05) is 84.3 Å². The maximum absolute atomic E-state index is 12.5. The molecular formula is C50H49Cl2N11O5. The van der Waals surface area contributed by atoms with Crippen LogP contribution in [0.5, 0.6) is 5.75 Å². The molecule has 3 aromatic carbocycles. The number of carbonyl (C=O) groups excluding carboxylic acids is 2. The Morgan fingerprint density at radius 3 is 1.84 bits per heavy atom. The molecule has 5 heterocycles. The second kappa shape index (κ2) is 23.5. The minimum absolute atomic E-state index is 0.0255. The number of pyridine rings is 3. The molecule has 16 nitrogen and oxygen atoms in total. The highest BCUT2D eigenvalue weighted by atomic mass is 35.5. The quantitative estimate of drug-likeness (QED) is 0.0687. The normalized spacial score (nSPS) is 10.8. The van der Waals surface area contributed by atoms with E-state index in [2.05, 4.69) is 31.0 Å². The number of rotatable bonds is 18. The molecule has 348 valence electrons. The van der Waals surface area contributed by atoms with Crippen molar-refractivity contribution in [2.45, 2.75) is 33.1 Å². The standard InChI is InChI=1S/C26H25ClN4O3.C24H24ClN7O2/c1-19-29-24(26(33)28-12-14-34-23-6-4-5-22(27)15-23)18-31(19)17-21-10-8-20(9-11-21)16-30-13-3-2-7-25(30)32;25-19-8-9-27-21(13-19)28-10-11-29-24(34)20-16-32(30-23(20)26)15-18-6-4-17(5-7-18)14-31-12-2-1-3-22(31)33/h2-11,13,15,18H,12,14,16-17H2,1H3,(H,28,33);1-9,12-13,16H,10-11,14-15H2,(H2,26,30)(H,27,28)(H,29,34). The minimum Gasteiger partial charge on any atom is -0.492 e. The molecule has 0 unspecified atom stereocenters. The lowest BCUT2D eigenvalue weighted by Gasteiger charge is -2.08. The Kier molecular flexibility index (Phi) is 16.6. The molecule has 0 bridgehead atoms. The number of aromatic nitrogens is 7. The summed E-state index contributed by atoms with van der Waals surface area (Å²) in [6, 6.07) is 36.7. The van der Waals surface area contributed by atoms with Gasteiger partial charge in [0.25, 0.3) is 22.9 Å². The van der Waals surface area contributed by atoms with Gasteiger partial charge in [-0.3, -0.25) is 23.9 Å². The molecule has 5 aromatic heterocycles. The summed E-state index contributed by atoms with van der Waals surface area (Å²) in [5.41, 5.74) is 10.7. The maximum atomic E-state index is 12.5. The van der Waals surface area contributed by atoms with Gasteiger partial charge in [0.15, 0.2) is 5.82 Å². The van der Waals surface area contributed by atoms with Gasteiger partial charge in [-0.15, -0.1) is 0 Å². The fourth-order valence-electron chi connectivity index (χ4n) is 6.87. The molecule has 0 saturated carbocycles. The number of nitrogens with two attached hydrogens (primary N) is 1. The lowest BCUT2D eigenvalue weighted by molar-refractivity contribution is 0.0938. The Morgan fingerprint density at radius 2 is 1.24 bits per heavy atom. The van der Waals surface area contributed by atoms with Gasteiger partial charge in [0.1, 0.15) is 35.3 Å². The zero-order valence-corrected chi connectivity index (χ0v) is 38.6. The van der Waals surface area contributed by atoms with Crippen LogP contribution in [0.1, 0.15) is 48.9 Å². The topological polar surface area (TPSA) is 198 Å². The van der Waals surface area contributed by atoms with Crippen LogP contribution in [0.4, 0.5) is 11.6 Å². The number of anilines is 2. The third-order valence-corrected chi connectivity index (χ3v) is 10.9. The summed E-state index contributed by atoms with van der Waals surface area (Å²) in [4.78, 5) is 57.3. The van der Waals surface area contributed by atoms with Crippen LogP contribution < -0.4 is 37.5 Å². The second-order valence-corrected chi connectivity index (χ2v) is 16.4. The Hall–Kier alpha value is -7.95. The molecule has 0 aliphatic carbocycles. The fraction of sp³-hybridized carbons (Fsp3) is 0.180. The van der Waals surface area contributed by atoms with Gasteiger partial charge >= 0.3 is 0 Å². The second-order valence-electron chi connectivity index (χ2n) is 15.5. The summed E-state index contributed by atoms with van der Waals surface area (Å²) in [6.07, 6.45) is 8.53. The molecule has 8 aromatic rings. The molecule has 0 spiro atoms. The van der Waals surface area contributed by atoms with Crippen LogP contribution in [-0.2, 0) is 26.2 Å². The lowest BCUT2D eigenvalue weighted by atomic mass is 10.1. The zero-order chi connectivity index (χ0) is 47.8. The largest absolute Gasteiger partial charge is 0.492 e. The summed E-state index contributed by atoms with van der Waals surface area (Å²) in [5.74, 6) is 1.66. The highest BCUT2D eigenvalue weighted by Gasteiger charge is 2.15. The molecule has 0 aliphatic heterocycles. The molecule has 0 radical (unpaired) electrons. The van der Waals surface area contributed by atoms with Gasteiger partial charge in [-0.2, -0.15) is 5.10 Å². The van der Waals surface area contributed by atoms with Crippen molar-refractivity contribution in [3.8, 4) is 5.75 Å². The van der Waals surface area contributed by atoms with E-state index in [0.717, 1.165) is 28.1 Å². The van der Waals surface area contributed by atoms with Crippen molar-refractivity contribution in [3.63, 3.8) is 0 Å². The summed E-state index contributed by atoms with van der Waals surface area (Å²) in [5, 5.41) is 14.2. The van der Waals surface area contributed by atoms with Crippen molar-refractivity contribution in [1.29, 1.82) is 0 Å². The Bertz CT molecular complexity index is 3070. The van der Waals surface area contributed by atoms with E-state index in [1.54, 1.807) is 87.3 Å². The van der Waals surface area contributed by atoms with Crippen LogP contribution in [0, 0.1) is 6.92 Å². The van der Waals surface area contributed by atoms with Crippen LogP contribution in [0.3, 0.4) is 0 Å². The molecule has 8 rings (SSSR count). The van der Waals surface area contributed by atoms with Gasteiger partial charge < -0.3 is 40.1 Å². The van der Waals surface area contributed by atoms with E-state index in [0.29, 0.717) is 85.3 Å². The number of nitrogens with zero attached hydrogens (tertiary/aromatic N) is 7. The average molecular weight is 955 g/mol. The first-order chi connectivity index (χ1) is 32.9. The van der Waals surface area contributed by atoms with Crippen molar-refractivity contribution >= 4 is 46.7 Å². The van der Waals surface area contributed by atoms with Crippen LogP contribution in [0.25, 0.3) is 0 Å². The van der Waals surface area contributed by atoms with Gasteiger partial charge in [-0.05, 0) is 71.6 Å². The molecule has 18 heteroatoms. The maximum Gasteiger partial charge on any atom is 0.271 e.